The molecule has 0 fully saturated rings. The number of carboxylic acid groups (broad SMARTS) is 1. The number of nitrogens with one attached hydrogen (secondary N) is 2. The molecule has 0 heterocycles. The summed E-state index contributed by atoms with van der Waals surface area (Å²) in [6, 6.07) is 14.1. The highest BCUT2D eigenvalue weighted by Gasteiger charge is 2.36. The van der Waals surface area contributed by atoms with Crippen molar-refractivity contribution in [2.75, 3.05) is 6.61 Å². The first-order chi connectivity index (χ1) is 16.5. The zero-order valence-corrected chi connectivity index (χ0v) is 21.1. The van der Waals surface area contributed by atoms with Crippen LogP contribution in [0.25, 0.3) is 11.1 Å². The quantitative estimate of drug-likeness (QED) is 0.471. The molecule has 1 aliphatic carbocycles. The number of ether oxygens (including phenoxy) is 1. The van der Waals surface area contributed by atoms with Gasteiger partial charge in [-0.05, 0) is 46.4 Å². The first-order valence-corrected chi connectivity index (χ1v) is 12.1. The second-order valence-corrected chi connectivity index (χ2v) is 10.6. The lowest BCUT2D eigenvalue weighted by molar-refractivity contribution is -0.142. The number of aliphatic carboxylic acids is 1. The van der Waals surface area contributed by atoms with E-state index in [1.807, 2.05) is 71.0 Å². The number of hydrogen-bond donors (Lipinski definition) is 3. The minimum atomic E-state index is -1.09. The largest absolute Gasteiger partial charge is 0.480 e. The Morgan fingerprint density at radius 1 is 0.914 bits per heavy atom. The fraction of sp³-hybridized carbons (Fsp3) is 0.464. The van der Waals surface area contributed by atoms with E-state index in [4.69, 9.17) is 4.74 Å². The van der Waals surface area contributed by atoms with Crippen LogP contribution in [0.1, 0.15) is 64.5 Å². The van der Waals surface area contributed by atoms with E-state index in [9.17, 15) is 19.5 Å². The lowest BCUT2D eigenvalue weighted by Crippen LogP contribution is -2.56. The molecular weight excluding hydrogens is 444 g/mol. The van der Waals surface area contributed by atoms with Gasteiger partial charge in [-0.2, -0.15) is 0 Å². The number of carboxylic acids is 1. The summed E-state index contributed by atoms with van der Waals surface area (Å²) in [4.78, 5) is 37.5. The number of benzene rings is 2. The van der Waals surface area contributed by atoms with Crippen molar-refractivity contribution in [2.24, 2.45) is 11.3 Å². The molecule has 0 spiro atoms. The van der Waals surface area contributed by atoms with Crippen LogP contribution in [0.4, 0.5) is 4.79 Å². The van der Waals surface area contributed by atoms with Crippen LogP contribution in [0, 0.1) is 11.3 Å². The predicted molar refractivity (Wildman–Crippen MR) is 135 cm³/mol. The molecule has 2 atom stereocenters. The molecule has 1 aliphatic rings. The maximum Gasteiger partial charge on any atom is 0.407 e. The Morgan fingerprint density at radius 2 is 1.46 bits per heavy atom. The fourth-order valence-electron chi connectivity index (χ4n) is 4.45. The summed E-state index contributed by atoms with van der Waals surface area (Å²) < 4.78 is 5.60. The van der Waals surface area contributed by atoms with E-state index in [2.05, 4.69) is 22.8 Å². The van der Waals surface area contributed by atoms with Gasteiger partial charge < -0.3 is 20.5 Å². The first-order valence-electron chi connectivity index (χ1n) is 12.1. The Hall–Kier alpha value is -3.35. The molecule has 3 N–H and O–H groups in total. The van der Waals surface area contributed by atoms with Crippen molar-refractivity contribution < 1.29 is 24.2 Å². The van der Waals surface area contributed by atoms with Gasteiger partial charge in [-0.25, -0.2) is 9.59 Å². The van der Waals surface area contributed by atoms with Crippen molar-refractivity contribution in [3.63, 3.8) is 0 Å². The van der Waals surface area contributed by atoms with Crippen molar-refractivity contribution in [3.8, 4) is 11.1 Å². The van der Waals surface area contributed by atoms with Crippen LogP contribution in [-0.4, -0.2) is 41.8 Å². The zero-order valence-electron chi connectivity index (χ0n) is 21.1. The van der Waals surface area contributed by atoms with Crippen molar-refractivity contribution in [1.82, 2.24) is 10.6 Å². The molecular formula is C28H36N2O5. The van der Waals surface area contributed by atoms with E-state index in [0.717, 1.165) is 22.3 Å². The van der Waals surface area contributed by atoms with Crippen molar-refractivity contribution >= 4 is 18.0 Å². The lowest BCUT2D eigenvalue weighted by Gasteiger charge is -2.31. The fourth-order valence-corrected chi connectivity index (χ4v) is 4.45. The first kappa shape index (κ1) is 26.3. The molecule has 1 unspecified atom stereocenters. The molecule has 0 bridgehead atoms. The number of hydrogen-bond acceptors (Lipinski definition) is 4. The predicted octanol–water partition coefficient (Wildman–Crippen LogP) is 4.95. The minimum Gasteiger partial charge on any atom is -0.480 e. The van der Waals surface area contributed by atoms with E-state index >= 15 is 0 Å². The number of amides is 2. The molecule has 188 valence electrons. The highest BCUT2D eigenvalue weighted by atomic mass is 16.5. The van der Waals surface area contributed by atoms with Crippen molar-refractivity contribution in [3.05, 3.63) is 59.7 Å². The Morgan fingerprint density at radius 3 is 1.94 bits per heavy atom. The third kappa shape index (κ3) is 6.41. The van der Waals surface area contributed by atoms with Gasteiger partial charge in [0, 0.05) is 5.92 Å². The van der Waals surface area contributed by atoms with Gasteiger partial charge in [0.1, 0.15) is 18.7 Å². The van der Waals surface area contributed by atoms with Crippen LogP contribution in [0.15, 0.2) is 48.5 Å². The van der Waals surface area contributed by atoms with E-state index in [1.54, 1.807) is 0 Å². The topological polar surface area (TPSA) is 105 Å². The summed E-state index contributed by atoms with van der Waals surface area (Å²) in [5.74, 6) is -1.41. The Bertz CT molecular complexity index is 1030. The monoisotopic (exact) mass is 480 g/mol. The van der Waals surface area contributed by atoms with E-state index in [-0.39, 0.29) is 12.5 Å². The number of carbonyl (C=O) groups excluding carboxylic acids is 2. The Balaban J connectivity index is 1.67. The van der Waals surface area contributed by atoms with Gasteiger partial charge in [0.25, 0.3) is 0 Å². The van der Waals surface area contributed by atoms with Crippen molar-refractivity contribution in [2.45, 2.75) is 65.5 Å². The molecule has 2 amide bonds. The van der Waals surface area contributed by atoms with Gasteiger partial charge >= 0.3 is 12.1 Å². The van der Waals surface area contributed by atoms with Gasteiger partial charge in [-0.3, -0.25) is 4.79 Å². The molecule has 0 saturated carbocycles. The van der Waals surface area contributed by atoms with Gasteiger partial charge in [0.05, 0.1) is 0 Å². The maximum absolute atomic E-state index is 13.0. The molecule has 2 aromatic rings. The summed E-state index contributed by atoms with van der Waals surface area (Å²) in [6.45, 7) is 9.56. The smallest absolute Gasteiger partial charge is 0.407 e. The van der Waals surface area contributed by atoms with Crippen LogP contribution in [0.2, 0.25) is 0 Å². The van der Waals surface area contributed by atoms with Crippen LogP contribution in [0.3, 0.4) is 0 Å². The molecule has 0 radical (unpaired) electrons. The zero-order chi connectivity index (χ0) is 25.8. The molecule has 2 aromatic carbocycles. The number of fused-ring (bicyclic) bond motifs is 3. The molecule has 0 aromatic heterocycles. The van der Waals surface area contributed by atoms with E-state index in [0.29, 0.717) is 18.8 Å². The average molecular weight is 481 g/mol. The van der Waals surface area contributed by atoms with Gasteiger partial charge in [0.15, 0.2) is 0 Å². The summed E-state index contributed by atoms with van der Waals surface area (Å²) in [6.07, 6.45) is 0.272. The Labute approximate surface area is 207 Å². The van der Waals surface area contributed by atoms with Crippen LogP contribution >= 0.6 is 0 Å². The Kier molecular flexibility index (Phi) is 8.20. The lowest BCUT2D eigenvalue weighted by atomic mass is 9.86. The molecule has 3 rings (SSSR count). The molecule has 35 heavy (non-hydrogen) atoms. The number of rotatable bonds is 9. The van der Waals surface area contributed by atoms with Gasteiger partial charge in [-0.1, -0.05) is 83.1 Å². The molecule has 7 nitrogen and oxygen atoms in total. The van der Waals surface area contributed by atoms with Gasteiger partial charge in [-0.15, -0.1) is 0 Å². The summed E-state index contributed by atoms with van der Waals surface area (Å²) in [5, 5.41) is 14.8. The third-order valence-corrected chi connectivity index (χ3v) is 6.38. The van der Waals surface area contributed by atoms with Crippen LogP contribution in [-0.2, 0) is 14.3 Å². The average Bonchev–Trinajstić information content (AvgIpc) is 3.11. The summed E-state index contributed by atoms with van der Waals surface area (Å²) in [7, 11) is 0. The normalized spacial score (nSPS) is 14.6. The van der Waals surface area contributed by atoms with E-state index in [1.165, 1.54) is 0 Å². The second-order valence-electron chi connectivity index (χ2n) is 10.6. The summed E-state index contributed by atoms with van der Waals surface area (Å²) >= 11 is 0. The number of alkyl carbamates (subject to hydrolysis) is 1. The highest BCUT2D eigenvalue weighted by Crippen LogP contribution is 2.44. The van der Waals surface area contributed by atoms with Crippen LogP contribution in [0.5, 0.6) is 0 Å². The van der Waals surface area contributed by atoms with Crippen molar-refractivity contribution in [1.29, 1.82) is 0 Å². The summed E-state index contributed by atoms with van der Waals surface area (Å²) in [5.41, 5.74) is 3.80. The SMILES string of the molecule is CC(C)CCC(NC(=O)[C@@H](NC(=O)OCC1c2ccccc2-c2ccccc21)C(C)(C)C)C(=O)O. The third-order valence-electron chi connectivity index (χ3n) is 6.38. The molecule has 0 aliphatic heterocycles. The molecule has 0 saturated heterocycles. The van der Waals surface area contributed by atoms with Crippen LogP contribution < -0.4 is 10.6 Å². The maximum atomic E-state index is 13.0. The minimum absolute atomic E-state index is 0.0949. The highest BCUT2D eigenvalue weighted by molar-refractivity contribution is 5.90. The second kappa shape index (κ2) is 10.9. The number of carbonyl (C=O) groups is 3. The van der Waals surface area contributed by atoms with E-state index < -0.39 is 35.5 Å². The molecule has 7 heteroatoms. The standard InChI is InChI=1S/C28H36N2O5/c1-17(2)14-15-23(26(32)33)29-25(31)24(28(3,4)5)30-27(34)35-16-22-20-12-8-6-10-18(20)19-11-7-9-13-21(19)22/h6-13,17,22-24H,14-16H2,1-5H3,(H,29,31)(H,30,34)(H,32,33)/t23?,24-/m1/s1. The van der Waals surface area contributed by atoms with Gasteiger partial charge in [0.2, 0.25) is 5.91 Å².